The van der Waals surface area contributed by atoms with E-state index in [4.69, 9.17) is 21.1 Å². The number of ketones is 1. The number of carbonyl (C=O) groups excluding carboxylic acids is 2. The molecule has 1 unspecified atom stereocenters. The second-order valence-electron chi connectivity index (χ2n) is 9.41. The fourth-order valence-corrected chi connectivity index (χ4v) is 5.36. The minimum Gasteiger partial charge on any atom is -0.507 e. The Morgan fingerprint density at radius 2 is 1.59 bits per heavy atom. The van der Waals surface area contributed by atoms with Crippen molar-refractivity contribution >= 4 is 40.4 Å². The molecule has 0 radical (unpaired) electrons. The third-order valence-corrected chi connectivity index (χ3v) is 7.42. The van der Waals surface area contributed by atoms with Crippen molar-refractivity contribution in [3.63, 3.8) is 0 Å². The fraction of sp³-hybridized carbons (Fsp3) is 0.290. The molecule has 1 aliphatic rings. The Hall–Kier alpha value is -3.97. The molecule has 39 heavy (non-hydrogen) atoms. The van der Waals surface area contributed by atoms with Gasteiger partial charge in [-0.15, -0.1) is 0 Å². The maximum absolute atomic E-state index is 13.6. The number of methoxy groups -OCH3 is 2. The van der Waals surface area contributed by atoms with Gasteiger partial charge in [0, 0.05) is 30.5 Å². The summed E-state index contributed by atoms with van der Waals surface area (Å²) in [5, 5.41) is 11.9. The summed E-state index contributed by atoms with van der Waals surface area (Å²) in [6, 6.07) is 15.5. The number of aliphatic hydroxyl groups is 1. The minimum absolute atomic E-state index is 0.0462. The molecular weight excluding hydrogens is 516 g/mol. The lowest BCUT2D eigenvalue weighted by Gasteiger charge is -2.28. The second kappa shape index (κ2) is 11.4. The van der Waals surface area contributed by atoms with E-state index < -0.39 is 17.7 Å². The number of hydrogen-bond donors (Lipinski definition) is 1. The summed E-state index contributed by atoms with van der Waals surface area (Å²) < 4.78 is 10.8. The van der Waals surface area contributed by atoms with Gasteiger partial charge in [-0.3, -0.25) is 14.5 Å². The maximum Gasteiger partial charge on any atom is 0.300 e. The van der Waals surface area contributed by atoms with Crippen LogP contribution in [0.15, 0.2) is 60.2 Å². The Bertz CT molecular complexity index is 1440. The Morgan fingerprint density at radius 1 is 0.949 bits per heavy atom. The first-order chi connectivity index (χ1) is 18.7. The van der Waals surface area contributed by atoms with Gasteiger partial charge in [-0.25, -0.2) is 0 Å². The Balaban J connectivity index is 1.97. The molecule has 4 rings (SSSR count). The summed E-state index contributed by atoms with van der Waals surface area (Å²) in [6.07, 6.45) is 0. The number of ether oxygens (including phenoxy) is 2. The van der Waals surface area contributed by atoms with Gasteiger partial charge in [-0.2, -0.15) is 0 Å². The van der Waals surface area contributed by atoms with Crippen molar-refractivity contribution in [3.8, 4) is 11.5 Å². The van der Waals surface area contributed by atoms with Gasteiger partial charge in [0.1, 0.15) is 17.3 Å². The van der Waals surface area contributed by atoms with Gasteiger partial charge in [0.05, 0.1) is 36.4 Å². The second-order valence-corrected chi connectivity index (χ2v) is 9.82. The summed E-state index contributed by atoms with van der Waals surface area (Å²) in [6.45, 7) is 9.71. The molecule has 1 fully saturated rings. The van der Waals surface area contributed by atoms with Gasteiger partial charge in [-0.1, -0.05) is 41.4 Å². The first kappa shape index (κ1) is 28.0. The molecule has 204 valence electrons. The SMILES string of the molecule is CCN(CC)c1ccc(C2/C(=C(\O)c3cc(Cl)c(OC)cc3OC)C(=O)C(=O)N2c2ccc(C)cc2C)cc1. The van der Waals surface area contributed by atoms with Crippen LogP contribution in [0.25, 0.3) is 5.76 Å². The summed E-state index contributed by atoms with van der Waals surface area (Å²) >= 11 is 6.38. The first-order valence-electron chi connectivity index (χ1n) is 12.8. The molecule has 0 aromatic heterocycles. The molecule has 0 spiro atoms. The van der Waals surface area contributed by atoms with Gasteiger partial charge in [0.15, 0.2) is 0 Å². The molecule has 8 heteroatoms. The lowest BCUT2D eigenvalue weighted by molar-refractivity contribution is -0.132. The predicted molar refractivity (Wildman–Crippen MR) is 155 cm³/mol. The molecule has 1 atom stereocenters. The van der Waals surface area contributed by atoms with Gasteiger partial charge in [0.25, 0.3) is 11.7 Å². The van der Waals surface area contributed by atoms with E-state index in [0.717, 1.165) is 29.9 Å². The minimum atomic E-state index is -0.872. The average Bonchev–Trinajstić information content (AvgIpc) is 3.19. The van der Waals surface area contributed by atoms with Gasteiger partial charge in [0.2, 0.25) is 0 Å². The molecule has 3 aromatic rings. The van der Waals surface area contributed by atoms with Crippen LogP contribution in [0.5, 0.6) is 11.5 Å². The number of benzene rings is 3. The fourth-order valence-electron chi connectivity index (χ4n) is 5.12. The van der Waals surface area contributed by atoms with E-state index in [-0.39, 0.29) is 27.7 Å². The zero-order valence-electron chi connectivity index (χ0n) is 23.0. The van der Waals surface area contributed by atoms with Crippen molar-refractivity contribution < 1.29 is 24.2 Å². The molecule has 1 saturated heterocycles. The number of aryl methyl sites for hydroxylation is 2. The van der Waals surface area contributed by atoms with Crippen molar-refractivity contribution in [2.45, 2.75) is 33.7 Å². The van der Waals surface area contributed by atoms with Crippen molar-refractivity contribution in [2.24, 2.45) is 0 Å². The number of nitrogens with zero attached hydrogens (tertiary/aromatic N) is 2. The summed E-state index contributed by atoms with van der Waals surface area (Å²) in [4.78, 5) is 30.9. The van der Waals surface area contributed by atoms with Crippen LogP contribution in [0.3, 0.4) is 0 Å². The third-order valence-electron chi connectivity index (χ3n) is 7.12. The molecule has 0 bridgehead atoms. The van der Waals surface area contributed by atoms with Gasteiger partial charge in [-0.05, 0) is 63.1 Å². The highest BCUT2D eigenvalue weighted by Crippen LogP contribution is 2.45. The van der Waals surface area contributed by atoms with E-state index in [2.05, 4.69) is 18.7 Å². The lowest BCUT2D eigenvalue weighted by Crippen LogP contribution is -2.30. The number of aliphatic hydroxyl groups excluding tert-OH is 1. The molecule has 1 aliphatic heterocycles. The predicted octanol–water partition coefficient (Wildman–Crippen LogP) is 6.45. The Kier molecular flexibility index (Phi) is 8.21. The molecule has 1 amide bonds. The van der Waals surface area contributed by atoms with E-state index in [1.807, 2.05) is 56.3 Å². The van der Waals surface area contributed by atoms with E-state index in [1.165, 1.54) is 31.3 Å². The van der Waals surface area contributed by atoms with Crippen LogP contribution in [0.4, 0.5) is 11.4 Å². The summed E-state index contributed by atoms with van der Waals surface area (Å²) in [5.41, 5.74) is 4.32. The summed E-state index contributed by atoms with van der Waals surface area (Å²) in [5.74, 6) is -1.29. The van der Waals surface area contributed by atoms with Crippen LogP contribution in [-0.2, 0) is 9.59 Å². The van der Waals surface area contributed by atoms with Crippen LogP contribution in [-0.4, -0.2) is 44.1 Å². The third kappa shape index (κ3) is 5.06. The lowest BCUT2D eigenvalue weighted by atomic mass is 9.94. The molecule has 7 nitrogen and oxygen atoms in total. The average molecular weight is 549 g/mol. The van der Waals surface area contributed by atoms with Gasteiger partial charge < -0.3 is 19.5 Å². The van der Waals surface area contributed by atoms with Crippen LogP contribution in [0.2, 0.25) is 5.02 Å². The number of amides is 1. The quantitative estimate of drug-likeness (QED) is 0.198. The van der Waals surface area contributed by atoms with Gasteiger partial charge >= 0.3 is 0 Å². The van der Waals surface area contributed by atoms with Crippen molar-refractivity contribution in [1.82, 2.24) is 0 Å². The zero-order valence-corrected chi connectivity index (χ0v) is 23.8. The molecular formula is C31H33ClN2O5. The molecule has 1 N–H and O–H groups in total. The Labute approximate surface area is 234 Å². The summed E-state index contributed by atoms with van der Waals surface area (Å²) in [7, 11) is 2.91. The van der Waals surface area contributed by atoms with Crippen molar-refractivity contribution in [2.75, 3.05) is 37.1 Å². The smallest absolute Gasteiger partial charge is 0.300 e. The van der Waals surface area contributed by atoms with E-state index >= 15 is 0 Å². The number of halogens is 1. The highest BCUT2D eigenvalue weighted by atomic mass is 35.5. The van der Waals surface area contributed by atoms with Crippen LogP contribution < -0.4 is 19.3 Å². The van der Waals surface area contributed by atoms with Crippen molar-refractivity contribution in [1.29, 1.82) is 0 Å². The largest absolute Gasteiger partial charge is 0.507 e. The monoisotopic (exact) mass is 548 g/mol. The van der Waals surface area contributed by atoms with E-state index in [9.17, 15) is 14.7 Å². The van der Waals surface area contributed by atoms with Crippen LogP contribution in [0, 0.1) is 13.8 Å². The van der Waals surface area contributed by atoms with Crippen molar-refractivity contribution in [3.05, 3.63) is 87.4 Å². The Morgan fingerprint density at radius 3 is 2.15 bits per heavy atom. The molecule has 3 aromatic carbocycles. The normalized spacial score (nSPS) is 16.5. The number of carbonyl (C=O) groups is 2. The highest BCUT2D eigenvalue weighted by molar-refractivity contribution is 6.52. The highest BCUT2D eigenvalue weighted by Gasteiger charge is 2.47. The van der Waals surface area contributed by atoms with Crippen LogP contribution >= 0.6 is 11.6 Å². The van der Waals surface area contributed by atoms with E-state index in [0.29, 0.717) is 17.0 Å². The first-order valence-corrected chi connectivity index (χ1v) is 13.2. The van der Waals surface area contributed by atoms with Crippen LogP contribution in [0.1, 0.15) is 42.1 Å². The maximum atomic E-state index is 13.6. The standard InChI is InChI=1S/C31H33ClN2O5/c1-7-33(8-2)21-12-10-20(11-13-21)28-27(29(35)22-16-23(32)26(39-6)17-25(22)38-5)30(36)31(37)34(28)24-14-9-18(3)15-19(24)4/h9-17,28,35H,7-8H2,1-6H3/b29-27+. The molecule has 0 aliphatic carbocycles. The topological polar surface area (TPSA) is 79.3 Å². The van der Waals surface area contributed by atoms with E-state index in [1.54, 1.807) is 0 Å². The number of hydrogen-bond acceptors (Lipinski definition) is 6. The molecule has 0 saturated carbocycles. The number of Topliss-reactive ketones (excluding diaryl/α,β-unsaturated/α-hetero) is 1. The number of anilines is 2. The zero-order chi connectivity index (χ0) is 28.4. The molecule has 1 heterocycles. The number of rotatable bonds is 8.